The first kappa shape index (κ1) is 17.8. The summed E-state index contributed by atoms with van der Waals surface area (Å²) in [6.45, 7) is 3.53. The Morgan fingerprint density at radius 1 is 1.36 bits per heavy atom. The molecule has 25 heavy (non-hydrogen) atoms. The van der Waals surface area contributed by atoms with Gasteiger partial charge >= 0.3 is 5.97 Å². The maximum atomic E-state index is 16.4. The monoisotopic (exact) mass is 346 g/mol. The number of rotatable bonds is 3. The van der Waals surface area contributed by atoms with Gasteiger partial charge in [0.05, 0.1) is 7.11 Å². The van der Waals surface area contributed by atoms with Gasteiger partial charge in [0.25, 0.3) is 0 Å². The lowest BCUT2D eigenvalue weighted by Gasteiger charge is -2.54. The first-order chi connectivity index (χ1) is 11.7. The van der Waals surface area contributed by atoms with E-state index >= 15 is 4.39 Å². The van der Waals surface area contributed by atoms with Crippen molar-refractivity contribution in [2.24, 2.45) is 17.3 Å². The predicted octanol–water partition coefficient (Wildman–Crippen LogP) is 3.27. The molecule has 0 bridgehead atoms. The Balaban J connectivity index is 2.02. The summed E-state index contributed by atoms with van der Waals surface area (Å²) in [7, 11) is 1.33. The van der Waals surface area contributed by atoms with Crippen molar-refractivity contribution < 1.29 is 23.5 Å². The zero-order valence-corrected chi connectivity index (χ0v) is 14.8. The Labute approximate surface area is 146 Å². The number of hydrogen-bond donors (Lipinski definition) is 0. The van der Waals surface area contributed by atoms with Crippen LogP contribution in [0.2, 0.25) is 0 Å². The summed E-state index contributed by atoms with van der Waals surface area (Å²) in [5, 5.41) is 0. The van der Waals surface area contributed by atoms with E-state index in [1.807, 2.05) is 6.92 Å². The van der Waals surface area contributed by atoms with Gasteiger partial charge in [-0.05, 0) is 57.3 Å². The number of ether oxygens (including phenoxy) is 1. The van der Waals surface area contributed by atoms with Gasteiger partial charge in [-0.2, -0.15) is 0 Å². The highest BCUT2D eigenvalue weighted by Crippen LogP contribution is 2.60. The fraction of sp³-hybridized carbons (Fsp3) is 0.550. The van der Waals surface area contributed by atoms with Gasteiger partial charge in [-0.15, -0.1) is 0 Å². The normalized spacial score (nSPS) is 37.0. The van der Waals surface area contributed by atoms with Crippen LogP contribution in [0.3, 0.4) is 0 Å². The molecule has 3 rings (SSSR count). The molecule has 0 radical (unpaired) electrons. The third-order valence-electron chi connectivity index (χ3n) is 6.23. The Hall–Kier alpha value is -2.04. The highest BCUT2D eigenvalue weighted by atomic mass is 19.1. The van der Waals surface area contributed by atoms with Crippen LogP contribution in [0.5, 0.6) is 0 Å². The summed E-state index contributed by atoms with van der Waals surface area (Å²) in [6, 6.07) is 0. The Kier molecular flexibility index (Phi) is 4.30. The number of hydrogen-bond acceptors (Lipinski definition) is 4. The lowest BCUT2D eigenvalue weighted by atomic mass is 9.50. The molecule has 3 aliphatic carbocycles. The summed E-state index contributed by atoms with van der Waals surface area (Å²) >= 11 is 0. The SMILES string of the molecule is COC(=O)CC[C@@H]1C(C)=CC(=O)[C@@]2(F)[C@@H]1CCC1=CC(=O)C=C[C@@]12C. The maximum absolute atomic E-state index is 16.4. The van der Waals surface area contributed by atoms with E-state index < -0.39 is 22.8 Å². The van der Waals surface area contributed by atoms with Gasteiger partial charge in [-0.1, -0.05) is 17.2 Å². The molecule has 0 aromatic heterocycles. The first-order valence-electron chi connectivity index (χ1n) is 8.66. The molecule has 4 atom stereocenters. The molecule has 0 spiro atoms. The van der Waals surface area contributed by atoms with Crippen LogP contribution in [-0.2, 0) is 19.1 Å². The molecule has 0 saturated heterocycles. The number of alkyl halides is 1. The standard InChI is InChI=1S/C20H23FO4/c1-12-10-17(23)20(21)16(15(12)5-7-18(24)25-3)6-4-13-11-14(22)8-9-19(13,20)2/h8-11,15-16H,4-7H2,1-3H3/t15-,16-,19+,20+/m1/s1. The molecule has 0 heterocycles. The second-order valence-corrected chi connectivity index (χ2v) is 7.44. The topological polar surface area (TPSA) is 60.4 Å². The average molecular weight is 346 g/mol. The average Bonchev–Trinajstić information content (AvgIpc) is 2.57. The van der Waals surface area contributed by atoms with E-state index in [0.717, 1.165) is 5.57 Å². The van der Waals surface area contributed by atoms with Crippen LogP contribution in [-0.4, -0.2) is 30.3 Å². The van der Waals surface area contributed by atoms with Crippen LogP contribution in [0.25, 0.3) is 0 Å². The highest BCUT2D eigenvalue weighted by molar-refractivity contribution is 6.04. The van der Waals surface area contributed by atoms with Crippen molar-refractivity contribution in [3.05, 3.63) is 35.5 Å². The van der Waals surface area contributed by atoms with Crippen molar-refractivity contribution in [3.8, 4) is 0 Å². The summed E-state index contributed by atoms with van der Waals surface area (Å²) in [5.41, 5.74) is -1.69. The minimum absolute atomic E-state index is 0.160. The second-order valence-electron chi connectivity index (χ2n) is 7.44. The Morgan fingerprint density at radius 2 is 2.08 bits per heavy atom. The van der Waals surface area contributed by atoms with E-state index in [2.05, 4.69) is 0 Å². The van der Waals surface area contributed by atoms with E-state index in [0.29, 0.717) is 24.8 Å². The van der Waals surface area contributed by atoms with Crippen molar-refractivity contribution in [1.82, 2.24) is 0 Å². The number of ketones is 2. The fourth-order valence-electron chi connectivity index (χ4n) is 4.76. The predicted molar refractivity (Wildman–Crippen MR) is 90.4 cm³/mol. The molecule has 0 amide bonds. The van der Waals surface area contributed by atoms with E-state index in [9.17, 15) is 14.4 Å². The number of carbonyl (C=O) groups excluding carboxylic acids is 3. The molecule has 0 aliphatic heterocycles. The Morgan fingerprint density at radius 3 is 2.76 bits per heavy atom. The summed E-state index contributed by atoms with van der Waals surface area (Å²) in [6.07, 6.45) is 7.49. The van der Waals surface area contributed by atoms with Crippen LogP contribution in [0.15, 0.2) is 35.5 Å². The van der Waals surface area contributed by atoms with E-state index in [1.165, 1.54) is 25.3 Å². The van der Waals surface area contributed by atoms with Crippen LogP contribution < -0.4 is 0 Å². The Bertz CT molecular complexity index is 732. The highest BCUT2D eigenvalue weighted by Gasteiger charge is 2.64. The third-order valence-corrected chi connectivity index (χ3v) is 6.23. The van der Waals surface area contributed by atoms with Gasteiger partial charge in [0.2, 0.25) is 0 Å². The number of esters is 1. The molecule has 0 N–H and O–H groups in total. The minimum Gasteiger partial charge on any atom is -0.469 e. The molecule has 1 saturated carbocycles. The van der Waals surface area contributed by atoms with Crippen molar-refractivity contribution in [2.75, 3.05) is 7.11 Å². The summed E-state index contributed by atoms with van der Waals surface area (Å²) in [5.74, 6) is -1.72. The first-order valence-corrected chi connectivity index (χ1v) is 8.66. The van der Waals surface area contributed by atoms with Crippen molar-refractivity contribution in [2.45, 2.75) is 45.2 Å². The van der Waals surface area contributed by atoms with Crippen LogP contribution in [0.4, 0.5) is 4.39 Å². The number of fused-ring (bicyclic) bond motifs is 3. The smallest absolute Gasteiger partial charge is 0.305 e. The second kappa shape index (κ2) is 6.04. The van der Waals surface area contributed by atoms with Gasteiger partial charge in [0.15, 0.2) is 17.2 Å². The molecule has 0 aromatic rings. The van der Waals surface area contributed by atoms with Crippen molar-refractivity contribution in [3.63, 3.8) is 0 Å². The zero-order valence-electron chi connectivity index (χ0n) is 14.8. The van der Waals surface area contributed by atoms with Gasteiger partial charge in [0.1, 0.15) is 0 Å². The fourth-order valence-corrected chi connectivity index (χ4v) is 4.76. The molecule has 0 unspecified atom stereocenters. The van der Waals surface area contributed by atoms with E-state index in [1.54, 1.807) is 13.0 Å². The van der Waals surface area contributed by atoms with Crippen LogP contribution in [0, 0.1) is 17.3 Å². The van der Waals surface area contributed by atoms with E-state index in [4.69, 9.17) is 4.74 Å². The molecule has 4 nitrogen and oxygen atoms in total. The molecule has 3 aliphatic rings. The molecule has 0 aromatic carbocycles. The molecule has 5 heteroatoms. The van der Waals surface area contributed by atoms with Crippen molar-refractivity contribution >= 4 is 17.5 Å². The number of methoxy groups -OCH3 is 1. The van der Waals surface area contributed by atoms with Gasteiger partial charge in [0, 0.05) is 17.8 Å². The molecule has 134 valence electrons. The molecular weight excluding hydrogens is 323 g/mol. The van der Waals surface area contributed by atoms with Crippen LogP contribution >= 0.6 is 0 Å². The number of carbonyl (C=O) groups is 3. The zero-order chi connectivity index (χ0) is 18.4. The van der Waals surface area contributed by atoms with Gasteiger partial charge in [-0.3, -0.25) is 14.4 Å². The third kappa shape index (κ3) is 2.52. The molecule has 1 fully saturated rings. The quantitative estimate of drug-likeness (QED) is 0.736. The van der Waals surface area contributed by atoms with Gasteiger partial charge in [-0.25, -0.2) is 4.39 Å². The number of halogens is 1. The summed E-state index contributed by atoms with van der Waals surface area (Å²) < 4.78 is 21.1. The largest absolute Gasteiger partial charge is 0.469 e. The van der Waals surface area contributed by atoms with Crippen molar-refractivity contribution in [1.29, 1.82) is 0 Å². The maximum Gasteiger partial charge on any atom is 0.305 e. The minimum atomic E-state index is -2.09. The number of allylic oxidation sites excluding steroid dienone is 6. The summed E-state index contributed by atoms with van der Waals surface area (Å²) in [4.78, 5) is 36.0. The lowest BCUT2D eigenvalue weighted by Crippen LogP contribution is -2.60. The molecular formula is C20H23FO4. The van der Waals surface area contributed by atoms with Gasteiger partial charge < -0.3 is 4.74 Å². The van der Waals surface area contributed by atoms with E-state index in [-0.39, 0.29) is 24.1 Å². The van der Waals surface area contributed by atoms with Crippen LogP contribution in [0.1, 0.15) is 39.5 Å². The lowest BCUT2D eigenvalue weighted by molar-refractivity contribution is -0.145.